The van der Waals surface area contributed by atoms with Crippen molar-refractivity contribution in [2.75, 3.05) is 14.2 Å². The normalized spacial score (nSPS) is 25.5. The second-order valence-electron chi connectivity index (χ2n) is 5.93. The maximum absolute atomic E-state index is 13.3. The number of benzene rings is 1. The highest BCUT2D eigenvalue weighted by atomic mass is 32.1. The number of methoxy groups -OCH3 is 1. The van der Waals surface area contributed by atoms with Crippen molar-refractivity contribution in [3.63, 3.8) is 0 Å². The first-order valence-corrected chi connectivity index (χ1v) is 9.17. The van der Waals surface area contributed by atoms with E-state index < -0.39 is 23.7 Å². The van der Waals surface area contributed by atoms with Gasteiger partial charge in [0.2, 0.25) is 0 Å². The van der Waals surface area contributed by atoms with Crippen LogP contribution in [0, 0.1) is 5.92 Å². The summed E-state index contributed by atoms with van der Waals surface area (Å²) in [6.45, 7) is 0. The van der Waals surface area contributed by atoms with Crippen molar-refractivity contribution in [1.29, 1.82) is 0 Å². The fourth-order valence-electron chi connectivity index (χ4n) is 3.17. The molecule has 0 unspecified atom stereocenters. The third-order valence-electron chi connectivity index (χ3n) is 4.55. The summed E-state index contributed by atoms with van der Waals surface area (Å²) in [7, 11) is 2.63. The van der Waals surface area contributed by atoms with Crippen LogP contribution in [0.4, 0.5) is 0 Å². The van der Waals surface area contributed by atoms with Crippen LogP contribution in [-0.4, -0.2) is 46.8 Å². The van der Waals surface area contributed by atoms with Gasteiger partial charge in [-0.3, -0.25) is 4.79 Å². The zero-order chi connectivity index (χ0) is 18.9. The molecule has 2 N–H and O–H groups in total. The number of nitrogens with one attached hydrogen (secondary N) is 1. The Morgan fingerprint density at radius 2 is 1.96 bits per heavy atom. The Bertz CT molecular complexity index is 825. The molecule has 1 aliphatic heterocycles. The summed E-state index contributed by atoms with van der Waals surface area (Å²) in [4.78, 5) is 27.5. The number of thiophene rings is 1. The van der Waals surface area contributed by atoms with Crippen molar-refractivity contribution in [3.8, 4) is 0 Å². The number of Topliss-reactive ketones (excluding diaryl/α,β-unsaturated/α-hetero) is 1. The summed E-state index contributed by atoms with van der Waals surface area (Å²) in [6, 6.07) is 11.9. The second-order valence-corrected chi connectivity index (χ2v) is 7.27. The molecule has 1 aromatic heterocycles. The lowest BCUT2D eigenvalue weighted by molar-refractivity contribution is -0.188. The monoisotopic (exact) mass is 390 g/mol. The van der Waals surface area contributed by atoms with Gasteiger partial charge in [0.1, 0.15) is 5.92 Å². The Labute approximate surface area is 160 Å². The van der Waals surface area contributed by atoms with E-state index in [9.17, 15) is 14.7 Å². The maximum atomic E-state index is 13.3. The number of carbonyl (C=O) groups excluding carboxylic acids is 2. The van der Waals surface area contributed by atoms with Gasteiger partial charge in [-0.15, -0.1) is 11.3 Å². The molecule has 0 aliphatic carbocycles. The highest BCUT2D eigenvalue weighted by molar-refractivity contribution is 7.80. The summed E-state index contributed by atoms with van der Waals surface area (Å²) in [6.07, 6.45) is 0. The Morgan fingerprint density at radius 1 is 1.27 bits per heavy atom. The van der Waals surface area contributed by atoms with Crippen molar-refractivity contribution in [3.05, 3.63) is 58.3 Å². The van der Waals surface area contributed by atoms with Crippen LogP contribution in [0.2, 0.25) is 0 Å². The number of carbonyl (C=O) groups is 2. The van der Waals surface area contributed by atoms with Gasteiger partial charge in [-0.25, -0.2) is 4.79 Å². The standard InChI is InChI=1S/C18H18N2O4S2/c1-20-17(25)19-14(11-7-4-3-5-8-11)13(18(20,23)16(22)24-2)15(21)12-9-6-10-26-12/h3-10,13-14,23H,1-2H3,(H,19,25)/t13-,14+,18+/m0/s1. The average molecular weight is 390 g/mol. The fourth-order valence-corrected chi connectivity index (χ4v) is 4.14. The number of aliphatic hydroxyl groups is 1. The van der Waals surface area contributed by atoms with Gasteiger partial charge in [0, 0.05) is 7.05 Å². The zero-order valence-corrected chi connectivity index (χ0v) is 15.8. The van der Waals surface area contributed by atoms with Crippen LogP contribution < -0.4 is 5.32 Å². The van der Waals surface area contributed by atoms with Crippen molar-refractivity contribution in [1.82, 2.24) is 10.2 Å². The minimum Gasteiger partial charge on any atom is -0.465 e. The largest absolute Gasteiger partial charge is 0.465 e. The third kappa shape index (κ3) is 2.90. The molecule has 0 bridgehead atoms. The summed E-state index contributed by atoms with van der Waals surface area (Å²) < 4.78 is 4.83. The van der Waals surface area contributed by atoms with Gasteiger partial charge in [-0.05, 0) is 29.2 Å². The Balaban J connectivity index is 2.18. The number of hydrogen-bond donors (Lipinski definition) is 2. The number of esters is 1. The van der Waals surface area contributed by atoms with Crippen molar-refractivity contribution < 1.29 is 19.4 Å². The first kappa shape index (κ1) is 18.5. The quantitative estimate of drug-likeness (QED) is 0.469. The van der Waals surface area contributed by atoms with Gasteiger partial charge in [0.15, 0.2) is 10.9 Å². The number of ether oxygens (including phenoxy) is 1. The van der Waals surface area contributed by atoms with Crippen molar-refractivity contribution in [2.24, 2.45) is 5.92 Å². The van der Waals surface area contributed by atoms with Crippen LogP contribution >= 0.6 is 23.6 Å². The first-order chi connectivity index (χ1) is 12.4. The Kier molecular flexibility index (Phi) is 5.08. The molecular formula is C18H18N2O4S2. The SMILES string of the molecule is COC(=O)[C@]1(O)[C@H](C(=O)c2cccs2)[C@@H](c2ccccc2)NC(=S)N1C. The molecule has 1 aliphatic rings. The van der Waals surface area contributed by atoms with Crippen LogP contribution in [-0.2, 0) is 9.53 Å². The molecule has 1 saturated heterocycles. The predicted molar refractivity (Wildman–Crippen MR) is 102 cm³/mol. The van der Waals surface area contributed by atoms with Crippen LogP contribution in [0.25, 0.3) is 0 Å². The lowest BCUT2D eigenvalue weighted by atomic mass is 9.78. The lowest BCUT2D eigenvalue weighted by Gasteiger charge is -2.48. The molecule has 1 fully saturated rings. The van der Waals surface area contributed by atoms with Gasteiger partial charge < -0.3 is 20.1 Å². The molecule has 8 heteroatoms. The van der Waals surface area contributed by atoms with Gasteiger partial charge >= 0.3 is 5.97 Å². The highest BCUT2D eigenvalue weighted by Crippen LogP contribution is 2.40. The van der Waals surface area contributed by atoms with E-state index in [1.807, 2.05) is 30.3 Å². The topological polar surface area (TPSA) is 78.9 Å². The van der Waals surface area contributed by atoms with Crippen LogP contribution in [0.1, 0.15) is 21.3 Å². The third-order valence-corrected chi connectivity index (χ3v) is 5.83. The number of likely N-dealkylation sites (N-methyl/N-ethyl adjacent to an activating group) is 1. The van der Waals surface area contributed by atoms with E-state index in [0.29, 0.717) is 4.88 Å². The van der Waals surface area contributed by atoms with Crippen LogP contribution in [0.3, 0.4) is 0 Å². The number of rotatable bonds is 4. The number of thiocarbonyl (C=S) groups is 1. The second kappa shape index (κ2) is 7.14. The molecule has 0 saturated carbocycles. The molecule has 0 radical (unpaired) electrons. The average Bonchev–Trinajstić information content (AvgIpc) is 3.20. The molecule has 1 aromatic carbocycles. The smallest absolute Gasteiger partial charge is 0.360 e. The zero-order valence-electron chi connectivity index (χ0n) is 14.2. The Hall–Kier alpha value is -2.29. The number of hydrogen-bond acceptors (Lipinski definition) is 6. The van der Waals surface area contributed by atoms with E-state index >= 15 is 0 Å². The fraction of sp³-hybridized carbons (Fsp3) is 0.278. The van der Waals surface area contributed by atoms with E-state index in [4.69, 9.17) is 17.0 Å². The summed E-state index contributed by atoms with van der Waals surface area (Å²) in [5, 5.41) is 16.4. The maximum Gasteiger partial charge on any atom is 0.360 e. The van der Waals surface area contributed by atoms with Gasteiger partial charge in [0.25, 0.3) is 5.72 Å². The van der Waals surface area contributed by atoms with Crippen molar-refractivity contribution in [2.45, 2.75) is 11.8 Å². The molecule has 0 spiro atoms. The lowest BCUT2D eigenvalue weighted by Crippen LogP contribution is -2.70. The predicted octanol–water partition coefficient (Wildman–Crippen LogP) is 1.97. The van der Waals surface area contributed by atoms with Crippen LogP contribution in [0.5, 0.6) is 0 Å². The molecule has 0 amide bonds. The van der Waals surface area contributed by atoms with Gasteiger partial charge in [0.05, 0.1) is 18.0 Å². The molecule has 3 rings (SSSR count). The molecule has 26 heavy (non-hydrogen) atoms. The Morgan fingerprint density at radius 3 is 2.54 bits per heavy atom. The number of nitrogens with zero attached hydrogens (tertiary/aromatic N) is 1. The molecule has 2 aromatic rings. The van der Waals surface area contributed by atoms with E-state index in [-0.39, 0.29) is 10.9 Å². The van der Waals surface area contributed by atoms with Crippen LogP contribution in [0.15, 0.2) is 47.8 Å². The van der Waals surface area contributed by atoms with E-state index in [1.165, 1.54) is 30.4 Å². The molecule has 2 heterocycles. The summed E-state index contributed by atoms with van der Waals surface area (Å²) in [5.74, 6) is -2.43. The summed E-state index contributed by atoms with van der Waals surface area (Å²) in [5.41, 5.74) is -1.49. The summed E-state index contributed by atoms with van der Waals surface area (Å²) >= 11 is 6.55. The van der Waals surface area contributed by atoms with E-state index in [2.05, 4.69) is 5.32 Å². The first-order valence-electron chi connectivity index (χ1n) is 7.89. The van der Waals surface area contributed by atoms with Crippen molar-refractivity contribution >= 4 is 40.4 Å². The van der Waals surface area contributed by atoms with Gasteiger partial charge in [-0.1, -0.05) is 36.4 Å². The molecule has 3 atom stereocenters. The molecule has 136 valence electrons. The van der Waals surface area contributed by atoms with E-state index in [1.54, 1.807) is 17.5 Å². The van der Waals surface area contributed by atoms with Gasteiger partial charge in [-0.2, -0.15) is 0 Å². The minimum atomic E-state index is -2.22. The number of ketones is 1. The molecule has 6 nitrogen and oxygen atoms in total. The van der Waals surface area contributed by atoms with E-state index in [0.717, 1.165) is 5.56 Å². The molecular weight excluding hydrogens is 372 g/mol. The minimum absolute atomic E-state index is 0.155. The highest BCUT2D eigenvalue weighted by Gasteiger charge is 2.59.